The third kappa shape index (κ3) is 8.23. The number of hydrogen-bond acceptors (Lipinski definition) is 6. The van der Waals surface area contributed by atoms with Crippen LogP contribution in [-0.2, 0) is 11.2 Å². The first kappa shape index (κ1) is 26.5. The molecule has 1 heterocycles. The van der Waals surface area contributed by atoms with Gasteiger partial charge in [0, 0.05) is 22.0 Å². The molecule has 35 heavy (non-hydrogen) atoms. The van der Waals surface area contributed by atoms with Crippen LogP contribution >= 0.6 is 27.3 Å². The van der Waals surface area contributed by atoms with Crippen LogP contribution in [0, 0.1) is 11.3 Å². The fourth-order valence-electron chi connectivity index (χ4n) is 3.33. The first-order valence-electron chi connectivity index (χ1n) is 11.5. The van der Waals surface area contributed by atoms with Crippen molar-refractivity contribution in [1.29, 1.82) is 5.26 Å². The number of rotatable bonds is 12. The van der Waals surface area contributed by atoms with Gasteiger partial charge in [0.2, 0.25) is 0 Å². The lowest BCUT2D eigenvalue weighted by atomic mass is 10.1. The fraction of sp³-hybridized carbons (Fsp3) is 0.296. The van der Waals surface area contributed by atoms with Crippen molar-refractivity contribution >= 4 is 44.4 Å². The molecule has 1 N–H and O–H groups in total. The van der Waals surface area contributed by atoms with Crippen LogP contribution in [0.2, 0.25) is 0 Å². The normalized spacial score (nSPS) is 11.1. The summed E-state index contributed by atoms with van der Waals surface area (Å²) in [4.78, 5) is 18.0. The van der Waals surface area contributed by atoms with Gasteiger partial charge in [0.05, 0.1) is 13.7 Å². The second kappa shape index (κ2) is 13.7. The zero-order valence-corrected chi connectivity index (χ0v) is 22.2. The van der Waals surface area contributed by atoms with Crippen LogP contribution in [0.4, 0.5) is 5.13 Å². The lowest BCUT2D eigenvalue weighted by molar-refractivity contribution is -0.112. The van der Waals surface area contributed by atoms with E-state index in [1.165, 1.54) is 30.3 Å². The van der Waals surface area contributed by atoms with Crippen LogP contribution in [0.5, 0.6) is 11.5 Å². The summed E-state index contributed by atoms with van der Waals surface area (Å²) in [6.07, 6.45) is 8.47. The second-order valence-corrected chi connectivity index (χ2v) is 9.91. The summed E-state index contributed by atoms with van der Waals surface area (Å²) in [5, 5.41) is 12.7. The molecule has 0 aliphatic rings. The Morgan fingerprint density at radius 1 is 1.17 bits per heavy atom. The Morgan fingerprint density at radius 2 is 1.97 bits per heavy atom. The number of hydrogen-bond donors (Lipinski definition) is 1. The molecule has 1 amide bonds. The molecular formula is C27H28BrN3O3S. The van der Waals surface area contributed by atoms with Gasteiger partial charge >= 0.3 is 0 Å². The quantitative estimate of drug-likeness (QED) is 0.148. The first-order chi connectivity index (χ1) is 17.0. The monoisotopic (exact) mass is 553 g/mol. The molecule has 0 aliphatic heterocycles. The minimum absolute atomic E-state index is 0.0232. The topological polar surface area (TPSA) is 84.2 Å². The summed E-state index contributed by atoms with van der Waals surface area (Å²) >= 11 is 4.82. The number of nitrogens with zero attached hydrogens (tertiary/aromatic N) is 2. The molecule has 3 rings (SSSR count). The number of thiazole rings is 1. The molecule has 0 bridgehead atoms. The number of amides is 1. The average molecular weight is 555 g/mol. The van der Waals surface area contributed by atoms with Crippen molar-refractivity contribution in [3.63, 3.8) is 0 Å². The number of ether oxygens (including phenoxy) is 2. The number of methoxy groups -OCH3 is 1. The lowest BCUT2D eigenvalue weighted by Gasteiger charge is -2.11. The van der Waals surface area contributed by atoms with E-state index < -0.39 is 5.91 Å². The maximum absolute atomic E-state index is 12.7. The fourth-order valence-corrected chi connectivity index (χ4v) is 4.44. The van der Waals surface area contributed by atoms with Crippen molar-refractivity contribution in [3.8, 4) is 17.6 Å². The van der Waals surface area contributed by atoms with Gasteiger partial charge in [0.15, 0.2) is 16.6 Å². The summed E-state index contributed by atoms with van der Waals surface area (Å²) in [5.41, 5.74) is 1.79. The van der Waals surface area contributed by atoms with Crippen molar-refractivity contribution in [2.75, 3.05) is 19.0 Å². The Hall–Kier alpha value is -3.15. The van der Waals surface area contributed by atoms with Gasteiger partial charge in [-0.25, -0.2) is 4.98 Å². The number of unbranched alkanes of at least 4 members (excludes halogenated alkanes) is 3. The molecule has 0 radical (unpaired) electrons. The summed E-state index contributed by atoms with van der Waals surface area (Å²) in [6.45, 7) is 2.79. The van der Waals surface area contributed by atoms with Gasteiger partial charge in [-0.05, 0) is 47.9 Å². The average Bonchev–Trinajstić information content (AvgIpc) is 3.30. The summed E-state index contributed by atoms with van der Waals surface area (Å²) in [6, 6.07) is 15.4. The van der Waals surface area contributed by atoms with Crippen molar-refractivity contribution in [1.82, 2.24) is 4.98 Å². The van der Waals surface area contributed by atoms with Crippen LogP contribution in [-0.4, -0.2) is 24.6 Å². The molecular weight excluding hydrogens is 526 g/mol. The minimum atomic E-state index is -0.507. The van der Waals surface area contributed by atoms with E-state index in [1.807, 2.05) is 30.3 Å². The van der Waals surface area contributed by atoms with Crippen LogP contribution in [0.25, 0.3) is 6.08 Å². The highest BCUT2D eigenvalue weighted by Gasteiger charge is 2.13. The molecule has 1 aromatic heterocycles. The van der Waals surface area contributed by atoms with E-state index in [-0.39, 0.29) is 5.57 Å². The molecule has 0 fully saturated rings. The molecule has 2 aromatic carbocycles. The van der Waals surface area contributed by atoms with Crippen LogP contribution in [0.3, 0.4) is 0 Å². The number of carbonyl (C=O) groups is 1. The molecule has 8 heteroatoms. The van der Waals surface area contributed by atoms with Gasteiger partial charge in [0.1, 0.15) is 11.6 Å². The molecule has 3 aromatic rings. The van der Waals surface area contributed by atoms with Crippen LogP contribution < -0.4 is 14.8 Å². The third-order valence-corrected chi connectivity index (χ3v) is 6.63. The highest BCUT2D eigenvalue weighted by molar-refractivity contribution is 9.10. The van der Waals surface area contributed by atoms with Crippen molar-refractivity contribution < 1.29 is 14.3 Å². The number of halogens is 1. The highest BCUT2D eigenvalue weighted by Crippen LogP contribution is 2.29. The summed E-state index contributed by atoms with van der Waals surface area (Å²) in [7, 11) is 1.57. The van der Waals surface area contributed by atoms with E-state index in [4.69, 9.17) is 9.47 Å². The van der Waals surface area contributed by atoms with Gasteiger partial charge in [-0.3, -0.25) is 10.1 Å². The predicted octanol–water partition coefficient (Wildman–Crippen LogP) is 7.01. The Kier molecular flexibility index (Phi) is 10.3. The van der Waals surface area contributed by atoms with Crippen LogP contribution in [0.15, 0.2) is 58.7 Å². The largest absolute Gasteiger partial charge is 0.493 e. The smallest absolute Gasteiger partial charge is 0.268 e. The maximum atomic E-state index is 12.7. The predicted molar refractivity (Wildman–Crippen MR) is 144 cm³/mol. The zero-order valence-electron chi connectivity index (χ0n) is 19.8. The molecule has 0 saturated carbocycles. The molecule has 0 unspecified atom stereocenters. The molecule has 6 nitrogen and oxygen atoms in total. The lowest BCUT2D eigenvalue weighted by Crippen LogP contribution is -2.13. The number of nitrogens with one attached hydrogen (secondary N) is 1. The van der Waals surface area contributed by atoms with Crippen molar-refractivity contribution in [3.05, 3.63) is 74.7 Å². The third-order valence-electron chi connectivity index (χ3n) is 5.18. The first-order valence-corrected chi connectivity index (χ1v) is 13.1. The van der Waals surface area contributed by atoms with Crippen LogP contribution in [0.1, 0.15) is 48.6 Å². The van der Waals surface area contributed by atoms with Crippen molar-refractivity contribution in [2.45, 2.75) is 39.0 Å². The minimum Gasteiger partial charge on any atom is -0.493 e. The van der Waals surface area contributed by atoms with Gasteiger partial charge in [-0.15, -0.1) is 11.3 Å². The Labute approximate surface area is 218 Å². The standard InChI is InChI=1S/C27H28BrN3O3S/c1-3-4-5-6-13-34-24-12-9-20(16-25(24)33-2)14-21(17-29)26(32)31-27-30-18-23(35-27)15-19-7-10-22(28)11-8-19/h7-12,14,16,18H,3-6,13,15H2,1-2H3,(H,30,31,32). The number of nitriles is 1. The molecule has 0 saturated heterocycles. The Morgan fingerprint density at radius 3 is 2.69 bits per heavy atom. The van der Waals surface area contributed by atoms with E-state index in [9.17, 15) is 10.1 Å². The molecule has 0 aliphatic carbocycles. The number of benzene rings is 2. The SMILES string of the molecule is CCCCCCOc1ccc(C=C(C#N)C(=O)Nc2ncc(Cc3ccc(Br)cc3)s2)cc1OC. The van der Waals surface area contributed by atoms with Gasteiger partial charge in [-0.2, -0.15) is 5.26 Å². The zero-order chi connectivity index (χ0) is 25.0. The number of carbonyl (C=O) groups excluding carboxylic acids is 1. The van der Waals surface area contributed by atoms with Gasteiger partial charge in [-0.1, -0.05) is 60.3 Å². The Balaban J connectivity index is 1.63. The van der Waals surface area contributed by atoms with Gasteiger partial charge in [0.25, 0.3) is 5.91 Å². The van der Waals surface area contributed by atoms with E-state index in [1.54, 1.807) is 31.5 Å². The van der Waals surface area contributed by atoms with Crippen molar-refractivity contribution in [2.24, 2.45) is 0 Å². The summed E-state index contributed by atoms with van der Waals surface area (Å²) in [5.74, 6) is 0.696. The molecule has 182 valence electrons. The summed E-state index contributed by atoms with van der Waals surface area (Å²) < 4.78 is 12.3. The second-order valence-electron chi connectivity index (χ2n) is 7.88. The van der Waals surface area contributed by atoms with E-state index >= 15 is 0 Å². The highest BCUT2D eigenvalue weighted by atomic mass is 79.9. The molecule has 0 spiro atoms. The van der Waals surface area contributed by atoms with Gasteiger partial charge < -0.3 is 9.47 Å². The molecule has 0 atom stereocenters. The number of aromatic nitrogens is 1. The number of anilines is 1. The van der Waals surface area contributed by atoms with E-state index in [0.717, 1.165) is 27.8 Å². The Bertz CT molecular complexity index is 1200. The van der Waals surface area contributed by atoms with E-state index in [0.29, 0.717) is 35.2 Å². The maximum Gasteiger partial charge on any atom is 0.268 e. The van der Waals surface area contributed by atoms with E-state index in [2.05, 4.69) is 33.2 Å².